The molecule has 4 heteroatoms. The summed E-state index contributed by atoms with van der Waals surface area (Å²) in [5.74, 6) is -0.716. The molecular formula is C8H17NaO3. The van der Waals surface area contributed by atoms with Crippen LogP contribution in [-0.4, -0.2) is 22.8 Å². The van der Waals surface area contributed by atoms with Crippen molar-refractivity contribution in [3.63, 3.8) is 0 Å². The van der Waals surface area contributed by atoms with Gasteiger partial charge in [0.25, 0.3) is 0 Å². The van der Waals surface area contributed by atoms with Crippen LogP contribution < -0.4 is 29.6 Å². The second-order valence-corrected chi connectivity index (χ2v) is 2.64. The fourth-order valence-electron chi connectivity index (χ4n) is 0.918. The molecule has 0 aromatic rings. The minimum Gasteiger partial charge on any atom is -1.00 e. The monoisotopic (exact) mass is 184 g/mol. The maximum atomic E-state index is 10.0. The summed E-state index contributed by atoms with van der Waals surface area (Å²) in [5, 5.41) is 16.7. The fraction of sp³-hybridized carbons (Fsp3) is 0.875. The van der Waals surface area contributed by atoms with Crippen molar-refractivity contribution in [1.82, 2.24) is 0 Å². The van der Waals surface area contributed by atoms with Gasteiger partial charge in [0, 0.05) is 13.0 Å². The zero-order valence-electron chi connectivity index (χ0n) is 8.75. The molecule has 12 heavy (non-hydrogen) atoms. The van der Waals surface area contributed by atoms with E-state index in [2.05, 4.69) is 0 Å². The number of rotatable bonds is 7. The van der Waals surface area contributed by atoms with Gasteiger partial charge in [-0.15, -0.1) is 0 Å². The quantitative estimate of drug-likeness (QED) is 0.375. The van der Waals surface area contributed by atoms with Gasteiger partial charge in [-0.25, -0.2) is 0 Å². The molecule has 0 rings (SSSR count). The summed E-state index contributed by atoms with van der Waals surface area (Å²) in [6, 6.07) is 0. The number of hydrogen-bond acceptors (Lipinski definition) is 2. The summed E-state index contributed by atoms with van der Waals surface area (Å²) in [4.78, 5) is 10.0. The summed E-state index contributed by atoms with van der Waals surface area (Å²) >= 11 is 0. The number of aliphatic carboxylic acids is 1. The molecule has 0 aliphatic carbocycles. The molecule has 0 spiro atoms. The van der Waals surface area contributed by atoms with Crippen LogP contribution in [0.1, 0.15) is 40.0 Å². The van der Waals surface area contributed by atoms with Crippen molar-refractivity contribution in [2.24, 2.45) is 0 Å². The Balaban J connectivity index is -0.000000500. The molecular weight excluding hydrogens is 167 g/mol. The van der Waals surface area contributed by atoms with E-state index in [1.54, 1.807) is 0 Å². The molecule has 2 N–H and O–H groups in total. The van der Waals surface area contributed by atoms with Crippen molar-refractivity contribution in [3.05, 3.63) is 0 Å². The van der Waals surface area contributed by atoms with Gasteiger partial charge in [0.15, 0.2) is 0 Å². The van der Waals surface area contributed by atoms with Gasteiger partial charge in [-0.2, -0.15) is 0 Å². The van der Waals surface area contributed by atoms with E-state index in [-0.39, 0.29) is 44.0 Å². The Labute approximate surface area is 96.9 Å². The molecule has 0 radical (unpaired) electrons. The number of carboxylic acids is 1. The second kappa shape index (κ2) is 11.4. The molecule has 68 valence electrons. The minimum absolute atomic E-state index is 0. The summed E-state index contributed by atoms with van der Waals surface area (Å²) in [5.41, 5.74) is 0. The Hall–Kier alpha value is 0.430. The van der Waals surface area contributed by atoms with Crippen LogP contribution >= 0.6 is 0 Å². The van der Waals surface area contributed by atoms with Crippen molar-refractivity contribution in [2.45, 2.75) is 38.5 Å². The third-order valence-corrected chi connectivity index (χ3v) is 1.55. The van der Waals surface area contributed by atoms with Gasteiger partial charge in [0.2, 0.25) is 0 Å². The van der Waals surface area contributed by atoms with E-state index in [1.165, 1.54) is 0 Å². The van der Waals surface area contributed by atoms with Crippen molar-refractivity contribution >= 4 is 5.97 Å². The molecule has 0 atom stereocenters. The van der Waals surface area contributed by atoms with Gasteiger partial charge in [-0.05, 0) is 12.8 Å². The van der Waals surface area contributed by atoms with E-state index in [4.69, 9.17) is 10.2 Å². The first-order chi connectivity index (χ1) is 5.27. The number of hydrogen-bond donors (Lipinski definition) is 2. The van der Waals surface area contributed by atoms with Crippen LogP contribution in [0.2, 0.25) is 0 Å². The van der Waals surface area contributed by atoms with Crippen molar-refractivity contribution in [2.75, 3.05) is 6.61 Å². The van der Waals surface area contributed by atoms with Crippen LogP contribution in [0.15, 0.2) is 0 Å². The van der Waals surface area contributed by atoms with Crippen LogP contribution in [0.4, 0.5) is 0 Å². The van der Waals surface area contributed by atoms with Gasteiger partial charge in [0.1, 0.15) is 0 Å². The number of carboxylic acid groups (broad SMARTS) is 1. The zero-order chi connectivity index (χ0) is 8.53. The topological polar surface area (TPSA) is 57.5 Å². The maximum absolute atomic E-state index is 10.0. The maximum Gasteiger partial charge on any atom is 1.00 e. The van der Waals surface area contributed by atoms with E-state index in [1.807, 2.05) is 0 Å². The number of carbonyl (C=O) groups is 1. The third-order valence-electron chi connectivity index (χ3n) is 1.55. The fourth-order valence-corrected chi connectivity index (χ4v) is 0.918. The standard InChI is InChI=1S/C8H16O3.Na.H/c9-7-5-3-1-2-4-6-8(10)11;;/h9H,1-7H2,(H,10,11);;/q;+1;-1. The molecule has 0 aliphatic rings. The number of aliphatic hydroxyl groups excluding tert-OH is 1. The van der Waals surface area contributed by atoms with E-state index < -0.39 is 5.97 Å². The summed E-state index contributed by atoms with van der Waals surface area (Å²) < 4.78 is 0. The smallest absolute Gasteiger partial charge is 1.00 e. The second-order valence-electron chi connectivity index (χ2n) is 2.64. The van der Waals surface area contributed by atoms with Crippen LogP contribution in [-0.2, 0) is 4.79 Å². The Morgan fingerprint density at radius 1 is 1.08 bits per heavy atom. The van der Waals surface area contributed by atoms with E-state index in [0.717, 1.165) is 32.1 Å². The third kappa shape index (κ3) is 13.1. The van der Waals surface area contributed by atoms with Gasteiger partial charge in [-0.1, -0.05) is 19.3 Å². The Bertz CT molecular complexity index is 112. The molecule has 0 fully saturated rings. The Morgan fingerprint density at radius 3 is 2.08 bits per heavy atom. The predicted octanol–water partition coefficient (Wildman–Crippen LogP) is -1.48. The van der Waals surface area contributed by atoms with E-state index >= 15 is 0 Å². The van der Waals surface area contributed by atoms with E-state index in [9.17, 15) is 4.79 Å². The van der Waals surface area contributed by atoms with Crippen LogP contribution in [0, 0.1) is 0 Å². The average molecular weight is 184 g/mol. The molecule has 0 bridgehead atoms. The first-order valence-corrected chi connectivity index (χ1v) is 4.10. The normalized spacial score (nSPS) is 9.08. The van der Waals surface area contributed by atoms with Crippen LogP contribution in [0.25, 0.3) is 0 Å². The molecule has 0 unspecified atom stereocenters. The molecule has 0 heterocycles. The Morgan fingerprint density at radius 2 is 1.58 bits per heavy atom. The number of aliphatic hydroxyl groups is 1. The van der Waals surface area contributed by atoms with Gasteiger partial charge in [0.05, 0.1) is 0 Å². The molecule has 0 aromatic heterocycles. The average Bonchev–Trinajstić information content (AvgIpc) is 1.96. The van der Waals surface area contributed by atoms with Crippen molar-refractivity contribution in [1.29, 1.82) is 0 Å². The van der Waals surface area contributed by atoms with Crippen molar-refractivity contribution in [3.8, 4) is 0 Å². The predicted molar refractivity (Wildman–Crippen MR) is 43.5 cm³/mol. The SMILES string of the molecule is O=C(O)CCCCCCCO.[H-].[Na+]. The molecule has 0 aliphatic heterocycles. The Kier molecular flexibility index (Phi) is 14.2. The van der Waals surface area contributed by atoms with Gasteiger partial charge >= 0.3 is 35.5 Å². The van der Waals surface area contributed by atoms with Crippen LogP contribution in [0.3, 0.4) is 0 Å². The summed E-state index contributed by atoms with van der Waals surface area (Å²) in [6.07, 6.45) is 4.89. The molecule has 0 amide bonds. The first kappa shape index (κ1) is 14.9. The van der Waals surface area contributed by atoms with Gasteiger partial charge in [-0.3, -0.25) is 4.79 Å². The first-order valence-electron chi connectivity index (χ1n) is 4.10. The van der Waals surface area contributed by atoms with Crippen molar-refractivity contribution < 1.29 is 46.0 Å². The van der Waals surface area contributed by atoms with Crippen LogP contribution in [0.5, 0.6) is 0 Å². The molecule has 0 aromatic carbocycles. The molecule has 3 nitrogen and oxygen atoms in total. The summed E-state index contributed by atoms with van der Waals surface area (Å²) in [6.45, 7) is 0.249. The zero-order valence-corrected chi connectivity index (χ0v) is 9.75. The molecule has 0 saturated heterocycles. The summed E-state index contributed by atoms with van der Waals surface area (Å²) in [7, 11) is 0. The largest absolute Gasteiger partial charge is 1.00 e. The van der Waals surface area contributed by atoms with E-state index in [0.29, 0.717) is 0 Å². The minimum atomic E-state index is -0.716. The number of unbranched alkanes of at least 4 members (excludes halogenated alkanes) is 4. The van der Waals surface area contributed by atoms with Gasteiger partial charge < -0.3 is 11.6 Å². The molecule has 0 saturated carbocycles.